The van der Waals surface area contributed by atoms with Gasteiger partial charge < -0.3 is 14.8 Å². The Morgan fingerprint density at radius 3 is 2.67 bits per heavy atom. The Hall–Kier alpha value is -1.01. The molecule has 1 rings (SSSR count). The molecule has 120 valence electrons. The van der Waals surface area contributed by atoms with Gasteiger partial charge in [0.1, 0.15) is 5.82 Å². The molecule has 0 amide bonds. The summed E-state index contributed by atoms with van der Waals surface area (Å²) in [6, 6.07) is 5.48. The van der Waals surface area contributed by atoms with Gasteiger partial charge in [0.25, 0.3) is 0 Å². The summed E-state index contributed by atoms with van der Waals surface area (Å²) in [5, 5.41) is 3.09. The summed E-state index contributed by atoms with van der Waals surface area (Å²) >= 11 is 0. The van der Waals surface area contributed by atoms with Crippen molar-refractivity contribution in [1.82, 2.24) is 10.2 Å². The van der Waals surface area contributed by atoms with Gasteiger partial charge in [0.05, 0.1) is 13.2 Å². The molecule has 0 bridgehead atoms. The molecule has 0 aliphatic heterocycles. The highest BCUT2D eigenvalue weighted by Gasteiger charge is 2.16. The first-order chi connectivity index (χ1) is 10.1. The van der Waals surface area contributed by atoms with Crippen LogP contribution in [0.5, 0.6) is 0 Å². The molecule has 0 saturated heterocycles. The van der Waals surface area contributed by atoms with Crippen LogP contribution in [0.3, 0.4) is 0 Å². The Labute approximate surface area is 127 Å². The zero-order valence-electron chi connectivity index (χ0n) is 13.5. The maximum Gasteiger partial charge on any atom is 0.127 e. The molecular formula is C16H27FN2O2. The highest BCUT2D eigenvalue weighted by molar-refractivity contribution is 5.25. The fraction of sp³-hybridized carbons (Fsp3) is 0.625. The molecule has 0 aliphatic carbocycles. The molecule has 1 unspecified atom stereocenters. The lowest BCUT2D eigenvalue weighted by molar-refractivity contribution is 0.0698. The van der Waals surface area contributed by atoms with Crippen LogP contribution in [-0.4, -0.2) is 52.0 Å². The van der Waals surface area contributed by atoms with E-state index in [4.69, 9.17) is 9.47 Å². The van der Waals surface area contributed by atoms with Crippen LogP contribution in [0.15, 0.2) is 18.2 Å². The average Bonchev–Trinajstić information content (AvgIpc) is 2.47. The van der Waals surface area contributed by atoms with Crippen molar-refractivity contribution in [3.8, 4) is 0 Å². The second kappa shape index (κ2) is 9.84. The molecule has 0 aromatic heterocycles. The Balaban J connectivity index is 2.82. The van der Waals surface area contributed by atoms with E-state index in [1.54, 1.807) is 14.2 Å². The minimum atomic E-state index is -0.165. The van der Waals surface area contributed by atoms with Crippen molar-refractivity contribution < 1.29 is 13.9 Å². The quantitative estimate of drug-likeness (QED) is 0.716. The Bertz CT molecular complexity index is 415. The van der Waals surface area contributed by atoms with Gasteiger partial charge in [-0.1, -0.05) is 12.1 Å². The number of nitrogens with one attached hydrogen (secondary N) is 1. The molecule has 1 N–H and O–H groups in total. The summed E-state index contributed by atoms with van der Waals surface area (Å²) in [5.41, 5.74) is 1.79. The number of rotatable bonds is 10. The normalized spacial score (nSPS) is 12.9. The highest BCUT2D eigenvalue weighted by atomic mass is 19.1. The van der Waals surface area contributed by atoms with Crippen LogP contribution in [0.4, 0.5) is 4.39 Å². The number of hydrogen-bond acceptors (Lipinski definition) is 4. The summed E-state index contributed by atoms with van der Waals surface area (Å²) in [6.07, 6.45) is 0. The summed E-state index contributed by atoms with van der Waals surface area (Å²) in [4.78, 5) is 2.18. The summed E-state index contributed by atoms with van der Waals surface area (Å²) in [7, 11) is 5.24. The predicted molar refractivity (Wildman–Crippen MR) is 82.8 cm³/mol. The van der Waals surface area contributed by atoms with Crippen molar-refractivity contribution in [3.05, 3.63) is 35.1 Å². The largest absolute Gasteiger partial charge is 0.383 e. The maximum absolute atomic E-state index is 14.0. The molecule has 0 spiro atoms. The molecule has 0 fully saturated rings. The lowest BCUT2D eigenvalue weighted by Crippen LogP contribution is -2.38. The van der Waals surface area contributed by atoms with Gasteiger partial charge >= 0.3 is 0 Å². The van der Waals surface area contributed by atoms with E-state index in [0.29, 0.717) is 25.3 Å². The number of nitrogens with zero attached hydrogens (tertiary/aromatic N) is 1. The van der Waals surface area contributed by atoms with Crippen LogP contribution in [0, 0.1) is 5.82 Å². The minimum Gasteiger partial charge on any atom is -0.383 e. The number of halogens is 1. The van der Waals surface area contributed by atoms with Crippen LogP contribution >= 0.6 is 0 Å². The summed E-state index contributed by atoms with van der Waals surface area (Å²) in [6.45, 7) is 5.34. The van der Waals surface area contributed by atoms with E-state index in [1.807, 2.05) is 19.2 Å². The third kappa shape index (κ3) is 6.09. The molecule has 4 nitrogen and oxygen atoms in total. The average molecular weight is 298 g/mol. The molecule has 1 aromatic rings. The van der Waals surface area contributed by atoms with Gasteiger partial charge in [0, 0.05) is 45.5 Å². The third-order valence-electron chi connectivity index (χ3n) is 3.48. The van der Waals surface area contributed by atoms with Gasteiger partial charge in [-0.05, 0) is 25.6 Å². The first kappa shape index (κ1) is 18.0. The van der Waals surface area contributed by atoms with Gasteiger partial charge in [0.2, 0.25) is 0 Å². The number of ether oxygens (including phenoxy) is 2. The van der Waals surface area contributed by atoms with Gasteiger partial charge in [-0.3, -0.25) is 4.90 Å². The van der Waals surface area contributed by atoms with Gasteiger partial charge in [-0.15, -0.1) is 0 Å². The predicted octanol–water partition coefficient (Wildman–Crippen LogP) is 2.03. The fourth-order valence-electron chi connectivity index (χ4n) is 2.29. The van der Waals surface area contributed by atoms with Crippen molar-refractivity contribution in [1.29, 1.82) is 0 Å². The molecule has 1 atom stereocenters. The van der Waals surface area contributed by atoms with Crippen LogP contribution in [0.25, 0.3) is 0 Å². The van der Waals surface area contributed by atoms with Gasteiger partial charge in [0.15, 0.2) is 0 Å². The first-order valence-corrected chi connectivity index (χ1v) is 7.26. The number of methoxy groups -OCH3 is 2. The van der Waals surface area contributed by atoms with Gasteiger partial charge in [-0.2, -0.15) is 0 Å². The van der Waals surface area contributed by atoms with E-state index in [1.165, 1.54) is 6.07 Å². The van der Waals surface area contributed by atoms with E-state index in [-0.39, 0.29) is 11.9 Å². The van der Waals surface area contributed by atoms with Crippen LogP contribution < -0.4 is 5.32 Å². The Morgan fingerprint density at radius 1 is 1.29 bits per heavy atom. The lowest BCUT2D eigenvalue weighted by atomic mass is 10.1. The zero-order chi connectivity index (χ0) is 15.7. The van der Waals surface area contributed by atoms with Crippen molar-refractivity contribution in [2.75, 3.05) is 41.0 Å². The lowest BCUT2D eigenvalue weighted by Gasteiger charge is -2.28. The zero-order valence-corrected chi connectivity index (χ0v) is 13.5. The molecule has 0 radical (unpaired) electrons. The van der Waals surface area contributed by atoms with Crippen LogP contribution in [0.2, 0.25) is 0 Å². The SMILES string of the molecule is CNCc1ccc(F)c(CN(CCOC)C(C)COC)c1. The van der Waals surface area contributed by atoms with Crippen molar-refractivity contribution in [3.63, 3.8) is 0 Å². The monoisotopic (exact) mass is 298 g/mol. The first-order valence-electron chi connectivity index (χ1n) is 7.26. The van der Waals surface area contributed by atoms with E-state index < -0.39 is 0 Å². The topological polar surface area (TPSA) is 33.7 Å². The third-order valence-corrected chi connectivity index (χ3v) is 3.48. The van der Waals surface area contributed by atoms with E-state index in [2.05, 4.69) is 17.1 Å². The molecule has 1 aromatic carbocycles. The molecule has 0 saturated carbocycles. The standard InChI is InChI=1S/C16H27FN2O2/c1-13(12-21-4)19(7-8-20-3)11-15-9-14(10-18-2)5-6-16(15)17/h5-6,9,13,18H,7-8,10-12H2,1-4H3. The van der Waals surface area contributed by atoms with Crippen molar-refractivity contribution >= 4 is 0 Å². The van der Waals surface area contributed by atoms with Crippen molar-refractivity contribution in [2.45, 2.75) is 26.1 Å². The second-order valence-electron chi connectivity index (χ2n) is 5.22. The smallest absolute Gasteiger partial charge is 0.127 e. The summed E-state index contributed by atoms with van der Waals surface area (Å²) < 4.78 is 24.4. The van der Waals surface area contributed by atoms with E-state index in [9.17, 15) is 4.39 Å². The summed E-state index contributed by atoms with van der Waals surface area (Å²) in [5.74, 6) is -0.165. The second-order valence-corrected chi connectivity index (χ2v) is 5.22. The van der Waals surface area contributed by atoms with Crippen molar-refractivity contribution in [2.24, 2.45) is 0 Å². The van der Waals surface area contributed by atoms with Gasteiger partial charge in [-0.25, -0.2) is 4.39 Å². The molecule has 0 heterocycles. The van der Waals surface area contributed by atoms with E-state index in [0.717, 1.165) is 18.7 Å². The fourth-order valence-corrected chi connectivity index (χ4v) is 2.29. The number of hydrogen-bond donors (Lipinski definition) is 1. The van der Waals surface area contributed by atoms with Crippen LogP contribution in [-0.2, 0) is 22.6 Å². The maximum atomic E-state index is 14.0. The van der Waals surface area contributed by atoms with E-state index >= 15 is 0 Å². The highest BCUT2D eigenvalue weighted by Crippen LogP contribution is 2.15. The number of benzene rings is 1. The Morgan fingerprint density at radius 2 is 2.05 bits per heavy atom. The molecule has 5 heteroatoms. The molecular weight excluding hydrogens is 271 g/mol. The Kier molecular flexibility index (Phi) is 8.45. The molecule has 21 heavy (non-hydrogen) atoms. The minimum absolute atomic E-state index is 0.165. The molecule has 0 aliphatic rings. The van der Waals surface area contributed by atoms with Crippen LogP contribution in [0.1, 0.15) is 18.1 Å².